The topological polar surface area (TPSA) is 50.4 Å². The van der Waals surface area contributed by atoms with Crippen molar-refractivity contribution < 1.29 is 9.53 Å². The number of rotatable bonds is 3. The van der Waals surface area contributed by atoms with Crippen molar-refractivity contribution in [3.63, 3.8) is 0 Å². The molecule has 1 amide bonds. The Hall–Kier alpha value is -1.71. The number of hydrogen-bond donors (Lipinski definition) is 2. The van der Waals surface area contributed by atoms with Crippen LogP contribution in [0.25, 0.3) is 0 Å². The van der Waals surface area contributed by atoms with Crippen molar-refractivity contribution in [1.82, 2.24) is 0 Å². The maximum Gasteiger partial charge on any atom is 0.232 e. The van der Waals surface area contributed by atoms with Gasteiger partial charge in [0.1, 0.15) is 11.4 Å². The van der Waals surface area contributed by atoms with E-state index in [0.717, 1.165) is 23.5 Å². The fourth-order valence-electron chi connectivity index (χ4n) is 2.14. The lowest BCUT2D eigenvalue weighted by Gasteiger charge is -2.39. The molecule has 0 aromatic heterocycles. The van der Waals surface area contributed by atoms with E-state index in [0.29, 0.717) is 6.61 Å². The normalized spacial score (nSPS) is 19.4. The molecule has 0 bridgehead atoms. The molecule has 2 N–H and O–H groups in total. The van der Waals surface area contributed by atoms with Crippen molar-refractivity contribution in [1.29, 1.82) is 0 Å². The molecule has 1 aromatic rings. The highest BCUT2D eigenvalue weighted by Gasteiger charge is 2.46. The molecule has 4 heteroatoms. The van der Waals surface area contributed by atoms with Crippen LogP contribution in [0, 0.1) is 5.41 Å². The van der Waals surface area contributed by atoms with Crippen LogP contribution in [0.2, 0.25) is 0 Å². The summed E-state index contributed by atoms with van der Waals surface area (Å²) < 4.78 is 5.74. The molecule has 4 nitrogen and oxygen atoms in total. The molecule has 20 heavy (non-hydrogen) atoms. The summed E-state index contributed by atoms with van der Waals surface area (Å²) in [6, 6.07) is 5.80. The molecule has 0 fully saturated rings. The van der Waals surface area contributed by atoms with Crippen LogP contribution >= 0.6 is 0 Å². The summed E-state index contributed by atoms with van der Waals surface area (Å²) in [5, 5.41) is 6.49. The summed E-state index contributed by atoms with van der Waals surface area (Å²) >= 11 is 0. The summed E-state index contributed by atoms with van der Waals surface area (Å²) in [5.41, 5.74) is 0.756. The molecular weight excluding hydrogens is 252 g/mol. The van der Waals surface area contributed by atoms with Crippen LogP contribution in [0.15, 0.2) is 18.2 Å². The molecule has 0 spiro atoms. The van der Waals surface area contributed by atoms with Crippen LogP contribution in [0.5, 0.6) is 5.75 Å². The minimum absolute atomic E-state index is 0.00120. The molecule has 1 aromatic carbocycles. The van der Waals surface area contributed by atoms with E-state index in [1.54, 1.807) is 0 Å². The quantitative estimate of drug-likeness (QED) is 0.886. The number of benzene rings is 1. The monoisotopic (exact) mass is 276 g/mol. The van der Waals surface area contributed by atoms with Gasteiger partial charge in [-0.05, 0) is 46.2 Å². The Morgan fingerprint density at radius 3 is 2.55 bits per heavy atom. The van der Waals surface area contributed by atoms with Crippen molar-refractivity contribution in [2.75, 3.05) is 17.2 Å². The zero-order valence-electron chi connectivity index (χ0n) is 13.0. The number of hydrogen-bond acceptors (Lipinski definition) is 3. The number of anilines is 2. The van der Waals surface area contributed by atoms with Crippen LogP contribution in [0.1, 0.15) is 41.0 Å². The molecule has 0 radical (unpaired) electrons. The van der Waals surface area contributed by atoms with Crippen molar-refractivity contribution >= 4 is 17.3 Å². The maximum absolute atomic E-state index is 12.5. The van der Waals surface area contributed by atoms with Crippen LogP contribution in [-0.2, 0) is 4.79 Å². The van der Waals surface area contributed by atoms with E-state index in [1.165, 1.54) is 0 Å². The third-order valence-electron chi connectivity index (χ3n) is 4.30. The molecule has 0 atom stereocenters. The molecule has 0 saturated heterocycles. The van der Waals surface area contributed by atoms with Gasteiger partial charge >= 0.3 is 0 Å². The van der Waals surface area contributed by atoms with Gasteiger partial charge in [-0.15, -0.1) is 0 Å². The Morgan fingerprint density at radius 2 is 1.90 bits per heavy atom. The predicted octanol–water partition coefficient (Wildman–Crippen LogP) is 3.64. The Morgan fingerprint density at radius 1 is 1.20 bits per heavy atom. The second-order valence-corrected chi connectivity index (χ2v) is 6.36. The van der Waals surface area contributed by atoms with Crippen LogP contribution in [0.3, 0.4) is 0 Å². The Kier molecular flexibility index (Phi) is 3.67. The fourth-order valence-corrected chi connectivity index (χ4v) is 2.14. The first-order valence-corrected chi connectivity index (χ1v) is 7.15. The molecule has 110 valence electrons. The molecular formula is C16H24N2O2. The summed E-state index contributed by atoms with van der Waals surface area (Å²) in [4.78, 5) is 12.5. The SMILES string of the molecule is CCCOc1cccc2c1NC(=O)C(C)(C)C(C)(C)N2. The average molecular weight is 276 g/mol. The summed E-state index contributed by atoms with van der Waals surface area (Å²) in [6.45, 7) is 10.7. The molecule has 1 heterocycles. The van der Waals surface area contributed by atoms with E-state index >= 15 is 0 Å². The highest BCUT2D eigenvalue weighted by atomic mass is 16.5. The lowest BCUT2D eigenvalue weighted by molar-refractivity contribution is -0.126. The molecule has 0 unspecified atom stereocenters. The highest BCUT2D eigenvalue weighted by molar-refractivity contribution is 6.02. The summed E-state index contributed by atoms with van der Waals surface area (Å²) in [7, 11) is 0. The Bertz CT molecular complexity index is 521. The van der Waals surface area contributed by atoms with Gasteiger partial charge in [0.15, 0.2) is 0 Å². The van der Waals surface area contributed by atoms with Crippen LogP contribution in [-0.4, -0.2) is 18.1 Å². The van der Waals surface area contributed by atoms with Gasteiger partial charge in [-0.25, -0.2) is 0 Å². The Labute approximate surface area is 120 Å². The largest absolute Gasteiger partial charge is 0.491 e. The van der Waals surface area contributed by atoms with Gasteiger partial charge in [-0.1, -0.05) is 13.0 Å². The molecule has 2 rings (SSSR count). The van der Waals surface area contributed by atoms with Crippen molar-refractivity contribution in [3.8, 4) is 5.75 Å². The number of para-hydroxylation sites is 1. The highest BCUT2D eigenvalue weighted by Crippen LogP contribution is 2.43. The second kappa shape index (κ2) is 5.00. The van der Waals surface area contributed by atoms with Gasteiger partial charge in [0, 0.05) is 5.54 Å². The number of ether oxygens (including phenoxy) is 1. The van der Waals surface area contributed by atoms with Crippen LogP contribution < -0.4 is 15.4 Å². The van der Waals surface area contributed by atoms with Gasteiger partial charge in [0.2, 0.25) is 5.91 Å². The van der Waals surface area contributed by atoms with Crippen molar-refractivity contribution in [3.05, 3.63) is 18.2 Å². The molecule has 1 aliphatic rings. The van der Waals surface area contributed by atoms with E-state index in [1.807, 2.05) is 45.9 Å². The first-order valence-electron chi connectivity index (χ1n) is 7.15. The van der Waals surface area contributed by atoms with Crippen molar-refractivity contribution in [2.45, 2.75) is 46.6 Å². The zero-order chi connectivity index (χ0) is 15.0. The van der Waals surface area contributed by atoms with E-state index in [2.05, 4.69) is 17.6 Å². The standard InChI is InChI=1S/C16H24N2O2/c1-6-10-20-12-9-7-8-11-13(12)17-14(19)15(2,3)16(4,5)18-11/h7-9,18H,6,10H2,1-5H3,(H,17,19). The molecule has 0 aliphatic carbocycles. The maximum atomic E-state index is 12.5. The number of fused-ring (bicyclic) bond motifs is 1. The smallest absolute Gasteiger partial charge is 0.232 e. The lowest BCUT2D eigenvalue weighted by atomic mass is 9.74. The van der Waals surface area contributed by atoms with Crippen molar-refractivity contribution in [2.24, 2.45) is 5.41 Å². The third kappa shape index (κ3) is 2.35. The van der Waals surface area contributed by atoms with E-state index in [9.17, 15) is 4.79 Å². The van der Waals surface area contributed by atoms with Gasteiger partial charge in [-0.2, -0.15) is 0 Å². The summed E-state index contributed by atoms with van der Waals surface area (Å²) in [6.07, 6.45) is 0.933. The Balaban J connectivity index is 2.46. The number of nitrogens with one attached hydrogen (secondary N) is 2. The minimum Gasteiger partial charge on any atom is -0.491 e. The average Bonchev–Trinajstić information content (AvgIpc) is 2.43. The van der Waals surface area contributed by atoms with E-state index in [4.69, 9.17) is 4.74 Å². The van der Waals surface area contributed by atoms with Gasteiger partial charge in [0.25, 0.3) is 0 Å². The lowest BCUT2D eigenvalue weighted by Crippen LogP contribution is -2.50. The van der Waals surface area contributed by atoms with Crippen LogP contribution in [0.4, 0.5) is 11.4 Å². The minimum atomic E-state index is -0.534. The fraction of sp³-hybridized carbons (Fsp3) is 0.562. The van der Waals surface area contributed by atoms with Gasteiger partial charge in [0.05, 0.1) is 17.7 Å². The predicted molar refractivity (Wildman–Crippen MR) is 82.3 cm³/mol. The van der Waals surface area contributed by atoms with Gasteiger partial charge < -0.3 is 15.4 Å². The van der Waals surface area contributed by atoms with Gasteiger partial charge in [-0.3, -0.25) is 4.79 Å². The molecule has 0 saturated carbocycles. The van der Waals surface area contributed by atoms with E-state index < -0.39 is 5.41 Å². The first kappa shape index (κ1) is 14.7. The number of amides is 1. The zero-order valence-corrected chi connectivity index (χ0v) is 13.0. The molecule has 1 aliphatic heterocycles. The summed E-state index contributed by atoms with van der Waals surface area (Å²) in [5.74, 6) is 0.722. The number of carbonyl (C=O) groups excluding carboxylic acids is 1. The number of carbonyl (C=O) groups is 1. The third-order valence-corrected chi connectivity index (χ3v) is 4.30. The second-order valence-electron chi connectivity index (χ2n) is 6.36. The first-order chi connectivity index (χ1) is 9.29. The van der Waals surface area contributed by atoms with E-state index in [-0.39, 0.29) is 11.4 Å².